The molecular formula is C22H21ClN6O4. The minimum Gasteiger partial charge on any atom is -0.335 e. The fourth-order valence-corrected chi connectivity index (χ4v) is 3.77. The summed E-state index contributed by atoms with van der Waals surface area (Å²) in [6.45, 7) is 3.19. The Morgan fingerprint density at radius 1 is 1.09 bits per heavy atom. The van der Waals surface area contributed by atoms with E-state index in [0.29, 0.717) is 42.6 Å². The third-order valence-electron chi connectivity index (χ3n) is 5.48. The molecular weight excluding hydrogens is 448 g/mol. The van der Waals surface area contributed by atoms with E-state index in [1.807, 2.05) is 13.0 Å². The first-order valence-corrected chi connectivity index (χ1v) is 10.6. The Kier molecular flexibility index (Phi) is 6.27. The lowest BCUT2D eigenvalue weighted by Crippen LogP contribution is -2.51. The van der Waals surface area contributed by atoms with Crippen molar-refractivity contribution in [3.63, 3.8) is 0 Å². The molecule has 0 spiro atoms. The van der Waals surface area contributed by atoms with E-state index in [1.165, 1.54) is 29.2 Å². The number of rotatable bonds is 4. The van der Waals surface area contributed by atoms with Crippen LogP contribution in [-0.2, 0) is 0 Å². The van der Waals surface area contributed by atoms with Crippen LogP contribution in [0, 0.1) is 17.0 Å². The Labute approximate surface area is 194 Å². The molecule has 170 valence electrons. The molecule has 1 N–H and O–H groups in total. The van der Waals surface area contributed by atoms with Crippen molar-refractivity contribution in [2.75, 3.05) is 31.5 Å². The fourth-order valence-electron chi connectivity index (χ4n) is 3.59. The second kappa shape index (κ2) is 9.29. The van der Waals surface area contributed by atoms with Crippen LogP contribution in [0.3, 0.4) is 0 Å². The van der Waals surface area contributed by atoms with Gasteiger partial charge >= 0.3 is 6.03 Å². The van der Waals surface area contributed by atoms with Gasteiger partial charge in [0.05, 0.1) is 11.3 Å². The topological polar surface area (TPSA) is 114 Å². The zero-order valence-corrected chi connectivity index (χ0v) is 18.5. The summed E-state index contributed by atoms with van der Waals surface area (Å²) in [5.74, 6) is -0.319. The summed E-state index contributed by atoms with van der Waals surface area (Å²) in [4.78, 5) is 43.7. The van der Waals surface area contributed by atoms with Gasteiger partial charge in [0.1, 0.15) is 5.69 Å². The van der Waals surface area contributed by atoms with Crippen LogP contribution in [0.15, 0.2) is 55.1 Å². The van der Waals surface area contributed by atoms with E-state index in [2.05, 4.69) is 10.3 Å². The van der Waals surface area contributed by atoms with Gasteiger partial charge in [-0.25, -0.2) is 9.78 Å². The summed E-state index contributed by atoms with van der Waals surface area (Å²) in [6.07, 6.45) is 4.57. The summed E-state index contributed by atoms with van der Waals surface area (Å²) >= 11 is 6.11. The first-order valence-electron chi connectivity index (χ1n) is 10.2. The largest absolute Gasteiger partial charge is 0.335 e. The number of aromatic nitrogens is 2. The summed E-state index contributed by atoms with van der Waals surface area (Å²) < 4.78 is 1.52. The van der Waals surface area contributed by atoms with Crippen molar-refractivity contribution >= 4 is 34.9 Å². The molecule has 3 aromatic rings. The van der Waals surface area contributed by atoms with E-state index in [0.717, 1.165) is 5.56 Å². The lowest BCUT2D eigenvalue weighted by molar-refractivity contribution is -0.384. The van der Waals surface area contributed by atoms with Crippen molar-refractivity contribution in [1.29, 1.82) is 0 Å². The molecule has 1 aliphatic rings. The number of amides is 3. The zero-order chi connectivity index (χ0) is 23.5. The van der Waals surface area contributed by atoms with E-state index < -0.39 is 4.92 Å². The minimum absolute atomic E-state index is 0.186. The molecule has 1 aliphatic heterocycles. The van der Waals surface area contributed by atoms with E-state index in [4.69, 9.17) is 11.6 Å². The number of carbonyl (C=O) groups excluding carboxylic acids is 2. The molecule has 1 saturated heterocycles. The molecule has 1 aromatic heterocycles. The number of hydrogen-bond donors (Lipinski definition) is 1. The smallest absolute Gasteiger partial charge is 0.321 e. The normalized spacial score (nSPS) is 13.6. The van der Waals surface area contributed by atoms with Gasteiger partial charge in [-0.1, -0.05) is 17.7 Å². The van der Waals surface area contributed by atoms with Crippen LogP contribution in [-0.4, -0.2) is 62.4 Å². The fraction of sp³-hybridized carbons (Fsp3) is 0.227. The van der Waals surface area contributed by atoms with Crippen molar-refractivity contribution in [1.82, 2.24) is 19.4 Å². The Hall–Kier alpha value is -3.92. The molecule has 3 amide bonds. The number of halogens is 1. The number of nitro benzene ring substituents is 1. The highest BCUT2D eigenvalue weighted by molar-refractivity contribution is 6.31. The number of urea groups is 1. The summed E-state index contributed by atoms with van der Waals surface area (Å²) in [5, 5.41) is 14.9. The second-order valence-corrected chi connectivity index (χ2v) is 8.01. The minimum atomic E-state index is -0.522. The molecule has 11 heteroatoms. The Bertz CT molecular complexity index is 1210. The van der Waals surface area contributed by atoms with Gasteiger partial charge in [-0.05, 0) is 36.8 Å². The number of nitrogens with zero attached hydrogens (tertiary/aromatic N) is 5. The molecule has 2 heterocycles. The maximum atomic E-state index is 13.0. The van der Waals surface area contributed by atoms with E-state index in [-0.39, 0.29) is 23.2 Å². The van der Waals surface area contributed by atoms with Gasteiger partial charge in [-0.15, -0.1) is 0 Å². The number of nitro groups is 1. The second-order valence-electron chi connectivity index (χ2n) is 7.60. The average Bonchev–Trinajstić information content (AvgIpc) is 3.35. The maximum Gasteiger partial charge on any atom is 0.321 e. The highest BCUT2D eigenvalue weighted by Gasteiger charge is 2.27. The van der Waals surface area contributed by atoms with Gasteiger partial charge in [-0.3, -0.25) is 14.9 Å². The SMILES string of the molecule is Cc1ccc(NC(=O)N2CCN(C(=O)c3ccc(-n4ccnc4)c([N+](=O)[O-])c3)CC2)cc1Cl. The van der Waals surface area contributed by atoms with Crippen molar-refractivity contribution in [2.24, 2.45) is 0 Å². The Morgan fingerprint density at radius 2 is 1.82 bits per heavy atom. The molecule has 2 aromatic carbocycles. The van der Waals surface area contributed by atoms with E-state index in [1.54, 1.807) is 34.2 Å². The Balaban J connectivity index is 1.41. The quantitative estimate of drug-likeness (QED) is 0.463. The van der Waals surface area contributed by atoms with Gasteiger partial charge < -0.3 is 19.7 Å². The third kappa shape index (κ3) is 4.80. The lowest BCUT2D eigenvalue weighted by Gasteiger charge is -2.34. The summed E-state index contributed by atoms with van der Waals surface area (Å²) in [6, 6.07) is 9.38. The van der Waals surface area contributed by atoms with Crippen molar-refractivity contribution in [2.45, 2.75) is 6.92 Å². The highest BCUT2D eigenvalue weighted by atomic mass is 35.5. The third-order valence-corrected chi connectivity index (χ3v) is 5.89. The van der Waals surface area contributed by atoms with E-state index >= 15 is 0 Å². The molecule has 0 aliphatic carbocycles. The van der Waals surface area contributed by atoms with Crippen LogP contribution >= 0.6 is 11.6 Å². The number of carbonyl (C=O) groups is 2. The van der Waals surface area contributed by atoms with Crippen LogP contribution in [0.5, 0.6) is 0 Å². The molecule has 10 nitrogen and oxygen atoms in total. The lowest BCUT2D eigenvalue weighted by atomic mass is 10.1. The summed E-state index contributed by atoms with van der Waals surface area (Å²) in [5.41, 5.74) is 1.87. The van der Waals surface area contributed by atoms with Gasteiger partial charge in [0.15, 0.2) is 0 Å². The van der Waals surface area contributed by atoms with Crippen LogP contribution in [0.25, 0.3) is 5.69 Å². The molecule has 0 saturated carbocycles. The maximum absolute atomic E-state index is 13.0. The van der Waals surface area contributed by atoms with Crippen LogP contribution in [0.4, 0.5) is 16.2 Å². The molecule has 0 atom stereocenters. The molecule has 0 bridgehead atoms. The van der Waals surface area contributed by atoms with Crippen LogP contribution in [0.2, 0.25) is 5.02 Å². The molecule has 4 rings (SSSR count). The molecule has 1 fully saturated rings. The number of benzene rings is 2. The van der Waals surface area contributed by atoms with Gasteiger partial charge in [0.25, 0.3) is 11.6 Å². The Morgan fingerprint density at radius 3 is 2.45 bits per heavy atom. The van der Waals surface area contributed by atoms with Crippen LogP contribution in [0.1, 0.15) is 15.9 Å². The van der Waals surface area contributed by atoms with E-state index in [9.17, 15) is 19.7 Å². The number of piperazine rings is 1. The monoisotopic (exact) mass is 468 g/mol. The molecule has 33 heavy (non-hydrogen) atoms. The number of imidazole rings is 1. The number of nitrogens with one attached hydrogen (secondary N) is 1. The zero-order valence-electron chi connectivity index (χ0n) is 17.8. The van der Waals surface area contributed by atoms with Gasteiger partial charge in [-0.2, -0.15) is 0 Å². The number of hydrogen-bond acceptors (Lipinski definition) is 5. The number of anilines is 1. The predicted octanol–water partition coefficient (Wildman–Crippen LogP) is 3.73. The van der Waals surface area contributed by atoms with Crippen LogP contribution < -0.4 is 5.32 Å². The summed E-state index contributed by atoms with van der Waals surface area (Å²) in [7, 11) is 0. The highest BCUT2D eigenvalue weighted by Crippen LogP contribution is 2.25. The number of aryl methyl sites for hydroxylation is 1. The van der Waals surface area contributed by atoms with Crippen molar-refractivity contribution in [3.05, 3.63) is 81.4 Å². The average molecular weight is 469 g/mol. The van der Waals surface area contributed by atoms with Gasteiger partial charge in [0.2, 0.25) is 0 Å². The molecule has 0 unspecified atom stereocenters. The standard InChI is InChI=1S/C22H21ClN6O4/c1-15-2-4-17(13-18(15)23)25-22(31)27-10-8-26(9-11-27)21(30)16-3-5-19(20(12-16)29(32)33)28-7-6-24-14-28/h2-7,12-14H,8-11H2,1H3,(H,25,31). The first-order chi connectivity index (χ1) is 15.8. The molecule has 0 radical (unpaired) electrons. The predicted molar refractivity (Wildman–Crippen MR) is 123 cm³/mol. The van der Waals surface area contributed by atoms with Gasteiger partial charge in [0, 0.05) is 60.9 Å². The van der Waals surface area contributed by atoms with Crippen molar-refractivity contribution in [3.8, 4) is 5.69 Å². The first kappa shape index (κ1) is 22.3. The van der Waals surface area contributed by atoms with Crippen molar-refractivity contribution < 1.29 is 14.5 Å².